The minimum Gasteiger partial charge on any atom is -0.350 e. The largest absolute Gasteiger partial charge is 0.350 e. The summed E-state index contributed by atoms with van der Waals surface area (Å²) in [6, 6.07) is 8.39. The molecule has 1 amide bonds. The van der Waals surface area contributed by atoms with Crippen LogP contribution in [0.4, 0.5) is 0 Å². The zero-order valence-electron chi connectivity index (χ0n) is 15.7. The number of benzene rings is 1. The van der Waals surface area contributed by atoms with Crippen molar-refractivity contribution in [3.05, 3.63) is 54.2 Å². The number of hydrogen-bond donors (Lipinski definition) is 0. The fraction of sp³-hybridized carbons (Fsp3) is 0.429. The Morgan fingerprint density at radius 2 is 2.04 bits per heavy atom. The Hall–Kier alpha value is -2.60. The van der Waals surface area contributed by atoms with Crippen LogP contribution >= 0.6 is 0 Å². The van der Waals surface area contributed by atoms with Gasteiger partial charge in [-0.15, -0.1) is 0 Å². The van der Waals surface area contributed by atoms with E-state index in [1.807, 2.05) is 53.4 Å². The summed E-state index contributed by atoms with van der Waals surface area (Å²) in [6.45, 7) is 4.68. The number of imidazole rings is 1. The van der Waals surface area contributed by atoms with E-state index < -0.39 is 0 Å². The molecule has 4 heterocycles. The fourth-order valence-electron chi connectivity index (χ4n) is 4.63. The molecule has 140 valence electrons. The number of amides is 1. The number of likely N-dealkylation sites (tertiary alicyclic amines) is 1. The van der Waals surface area contributed by atoms with Gasteiger partial charge in [0.2, 0.25) is 0 Å². The van der Waals surface area contributed by atoms with E-state index in [0.717, 1.165) is 48.3 Å². The third-order valence-electron chi connectivity index (χ3n) is 6.01. The van der Waals surface area contributed by atoms with Crippen molar-refractivity contribution in [2.75, 3.05) is 26.2 Å². The molecule has 0 aliphatic carbocycles. The quantitative estimate of drug-likeness (QED) is 0.719. The van der Waals surface area contributed by atoms with Gasteiger partial charge in [-0.2, -0.15) is 0 Å². The van der Waals surface area contributed by atoms with Crippen LogP contribution in [0.3, 0.4) is 0 Å². The molecule has 0 bridgehead atoms. The third kappa shape index (κ3) is 2.84. The average Bonchev–Trinajstić information content (AvgIpc) is 3.42. The summed E-state index contributed by atoms with van der Waals surface area (Å²) in [4.78, 5) is 22.3. The molecule has 27 heavy (non-hydrogen) atoms. The lowest BCUT2D eigenvalue weighted by atomic mass is 10.1. The van der Waals surface area contributed by atoms with Crippen molar-refractivity contribution in [3.63, 3.8) is 0 Å². The van der Waals surface area contributed by atoms with Crippen molar-refractivity contribution < 1.29 is 4.79 Å². The Balaban J connectivity index is 1.45. The zero-order chi connectivity index (χ0) is 18.4. The van der Waals surface area contributed by atoms with Crippen molar-refractivity contribution in [1.29, 1.82) is 0 Å². The fourth-order valence-corrected chi connectivity index (χ4v) is 4.63. The minimum absolute atomic E-state index is 0.116. The number of aryl methyl sites for hydroxylation is 1. The number of carbonyl (C=O) groups is 1. The molecule has 6 nitrogen and oxygen atoms in total. The molecule has 1 fully saturated rings. The van der Waals surface area contributed by atoms with Gasteiger partial charge < -0.3 is 18.9 Å². The number of carbonyl (C=O) groups excluding carboxylic acids is 1. The Morgan fingerprint density at radius 3 is 2.89 bits per heavy atom. The molecule has 1 atom stereocenters. The first-order chi connectivity index (χ1) is 13.2. The Morgan fingerprint density at radius 1 is 1.22 bits per heavy atom. The molecule has 3 aromatic rings. The topological polar surface area (TPSA) is 46.3 Å². The number of rotatable bonds is 3. The smallest absolute Gasteiger partial charge is 0.256 e. The van der Waals surface area contributed by atoms with Gasteiger partial charge in [-0.3, -0.25) is 4.79 Å². The molecule has 0 N–H and O–H groups in total. The highest BCUT2D eigenvalue weighted by atomic mass is 16.2. The molecule has 1 aromatic carbocycles. The molecular formula is C21H25N5O. The maximum atomic E-state index is 13.4. The van der Waals surface area contributed by atoms with Gasteiger partial charge >= 0.3 is 0 Å². The molecule has 0 unspecified atom stereocenters. The summed E-state index contributed by atoms with van der Waals surface area (Å²) in [5, 5.41) is 1.03. The number of nitrogens with zero attached hydrogens (tertiary/aromatic N) is 5. The summed E-state index contributed by atoms with van der Waals surface area (Å²) in [7, 11) is 2.00. The molecule has 1 saturated heterocycles. The van der Waals surface area contributed by atoms with Crippen molar-refractivity contribution in [2.45, 2.75) is 25.4 Å². The SMILES string of the molecule is Cn1cc(C(=O)N2Cc3cncn3[C@@H](CN3CCCC3)C2)c2ccccc21. The highest BCUT2D eigenvalue weighted by molar-refractivity contribution is 6.07. The van der Waals surface area contributed by atoms with Gasteiger partial charge in [-0.05, 0) is 32.0 Å². The predicted octanol–water partition coefficient (Wildman–Crippen LogP) is 2.67. The number of para-hydroxylation sites is 1. The van der Waals surface area contributed by atoms with Crippen LogP contribution in [0.5, 0.6) is 0 Å². The van der Waals surface area contributed by atoms with E-state index in [1.54, 1.807) is 0 Å². The van der Waals surface area contributed by atoms with Crippen LogP contribution in [0.15, 0.2) is 43.0 Å². The van der Waals surface area contributed by atoms with E-state index in [-0.39, 0.29) is 11.9 Å². The van der Waals surface area contributed by atoms with E-state index in [1.165, 1.54) is 12.8 Å². The van der Waals surface area contributed by atoms with E-state index in [2.05, 4.69) is 20.5 Å². The predicted molar refractivity (Wildman–Crippen MR) is 105 cm³/mol. The minimum atomic E-state index is 0.116. The van der Waals surface area contributed by atoms with Crippen molar-refractivity contribution >= 4 is 16.8 Å². The maximum absolute atomic E-state index is 13.4. The summed E-state index contributed by atoms with van der Waals surface area (Å²) < 4.78 is 4.31. The van der Waals surface area contributed by atoms with Gasteiger partial charge in [-0.25, -0.2) is 4.98 Å². The number of fused-ring (bicyclic) bond motifs is 2. The standard InChI is InChI=1S/C21H25N5O/c1-23-14-19(18-6-2-3-7-20(18)23)21(27)25-12-16-10-22-15-26(16)17(13-25)11-24-8-4-5-9-24/h2-3,6-7,10,14-15,17H,4-5,8-9,11-13H2,1H3/t17-/m0/s1. The second-order valence-corrected chi connectivity index (χ2v) is 7.81. The number of aromatic nitrogens is 3. The van der Waals surface area contributed by atoms with Crippen LogP contribution in [0.2, 0.25) is 0 Å². The van der Waals surface area contributed by atoms with E-state index >= 15 is 0 Å². The molecule has 2 aromatic heterocycles. The maximum Gasteiger partial charge on any atom is 0.256 e. The summed E-state index contributed by atoms with van der Waals surface area (Å²) >= 11 is 0. The van der Waals surface area contributed by atoms with Gasteiger partial charge in [0.05, 0.1) is 30.2 Å². The van der Waals surface area contributed by atoms with Crippen LogP contribution in [0.25, 0.3) is 10.9 Å². The lowest BCUT2D eigenvalue weighted by Crippen LogP contribution is -2.44. The second-order valence-electron chi connectivity index (χ2n) is 7.81. The second kappa shape index (κ2) is 6.53. The monoisotopic (exact) mass is 363 g/mol. The molecule has 2 aliphatic heterocycles. The lowest BCUT2D eigenvalue weighted by Gasteiger charge is -2.36. The Labute approximate surface area is 159 Å². The van der Waals surface area contributed by atoms with E-state index in [9.17, 15) is 4.79 Å². The van der Waals surface area contributed by atoms with Crippen LogP contribution in [0.1, 0.15) is 34.9 Å². The third-order valence-corrected chi connectivity index (χ3v) is 6.01. The molecule has 5 rings (SSSR count). The summed E-state index contributed by atoms with van der Waals surface area (Å²) in [5.41, 5.74) is 3.01. The van der Waals surface area contributed by atoms with Crippen LogP contribution in [-0.4, -0.2) is 56.0 Å². The van der Waals surface area contributed by atoms with Gasteiger partial charge in [0, 0.05) is 43.4 Å². The highest BCUT2D eigenvalue weighted by Gasteiger charge is 2.31. The van der Waals surface area contributed by atoms with Crippen molar-refractivity contribution in [3.8, 4) is 0 Å². The van der Waals surface area contributed by atoms with Gasteiger partial charge in [-0.1, -0.05) is 18.2 Å². The molecule has 0 radical (unpaired) electrons. The van der Waals surface area contributed by atoms with Gasteiger partial charge in [0.15, 0.2) is 0 Å². The van der Waals surface area contributed by atoms with Gasteiger partial charge in [0.1, 0.15) is 0 Å². The molecule has 6 heteroatoms. The summed E-state index contributed by atoms with van der Waals surface area (Å²) in [5.74, 6) is 0.116. The molecule has 0 saturated carbocycles. The van der Waals surface area contributed by atoms with Crippen LogP contribution in [0, 0.1) is 0 Å². The van der Waals surface area contributed by atoms with Crippen LogP contribution in [-0.2, 0) is 13.6 Å². The first-order valence-corrected chi connectivity index (χ1v) is 9.77. The van der Waals surface area contributed by atoms with Crippen molar-refractivity contribution in [1.82, 2.24) is 23.9 Å². The van der Waals surface area contributed by atoms with E-state index in [4.69, 9.17) is 0 Å². The summed E-state index contributed by atoms with van der Waals surface area (Å²) in [6.07, 6.45) is 8.36. The molecule has 2 aliphatic rings. The zero-order valence-corrected chi connectivity index (χ0v) is 15.7. The Bertz CT molecular complexity index is 982. The van der Waals surface area contributed by atoms with E-state index in [0.29, 0.717) is 6.54 Å². The normalized spacial score (nSPS) is 20.3. The first-order valence-electron chi connectivity index (χ1n) is 9.77. The molecular weight excluding hydrogens is 338 g/mol. The molecule has 0 spiro atoms. The van der Waals surface area contributed by atoms with Crippen molar-refractivity contribution in [2.24, 2.45) is 7.05 Å². The Kier molecular flexibility index (Phi) is 4.01. The lowest BCUT2D eigenvalue weighted by molar-refractivity contribution is 0.0660. The number of hydrogen-bond acceptors (Lipinski definition) is 3. The van der Waals surface area contributed by atoms with Gasteiger partial charge in [0.25, 0.3) is 5.91 Å². The average molecular weight is 363 g/mol. The van der Waals surface area contributed by atoms with Crippen LogP contribution < -0.4 is 0 Å². The highest BCUT2D eigenvalue weighted by Crippen LogP contribution is 2.27. The first kappa shape index (κ1) is 16.6.